The van der Waals surface area contributed by atoms with Crippen LogP contribution in [-0.2, 0) is 9.05 Å². The second-order valence-electron chi connectivity index (χ2n) is 3.99. The lowest BCUT2D eigenvalue weighted by Crippen LogP contribution is -1.97. The molecular formula is C16H16O2P2. The standard InChI is InChI=1S/C16H16O2P2/c1-13(17-19-15-9-5-3-6-10-15)14(2)18-20-16-11-7-4-8-12-16/h3-12,19-20H,1-2H2. The lowest BCUT2D eigenvalue weighted by molar-refractivity contribution is 0.409. The van der Waals surface area contributed by atoms with E-state index in [1.54, 1.807) is 0 Å². The zero-order chi connectivity index (χ0) is 14.2. The fourth-order valence-corrected chi connectivity index (χ4v) is 2.73. The van der Waals surface area contributed by atoms with E-state index in [1.807, 2.05) is 60.7 Å². The Morgan fingerprint density at radius 3 is 1.35 bits per heavy atom. The van der Waals surface area contributed by atoms with Gasteiger partial charge in [0.25, 0.3) is 0 Å². The number of rotatable bonds is 7. The summed E-state index contributed by atoms with van der Waals surface area (Å²) in [7, 11) is 0.423. The van der Waals surface area contributed by atoms with E-state index in [4.69, 9.17) is 9.05 Å². The van der Waals surface area contributed by atoms with Gasteiger partial charge in [0.1, 0.15) is 17.6 Å². The highest BCUT2D eigenvalue weighted by atomic mass is 31.1. The largest absolute Gasteiger partial charge is 0.469 e. The van der Waals surface area contributed by atoms with E-state index in [1.165, 1.54) is 0 Å². The Kier molecular flexibility index (Phi) is 5.80. The van der Waals surface area contributed by atoms with Gasteiger partial charge in [0.2, 0.25) is 0 Å². The zero-order valence-electron chi connectivity index (χ0n) is 11.0. The first-order chi connectivity index (χ1) is 9.75. The molecule has 20 heavy (non-hydrogen) atoms. The molecule has 2 atom stereocenters. The van der Waals surface area contributed by atoms with E-state index < -0.39 is 0 Å². The molecule has 0 bridgehead atoms. The minimum absolute atomic E-state index is 0.211. The molecule has 0 saturated heterocycles. The summed E-state index contributed by atoms with van der Waals surface area (Å²) >= 11 is 0. The molecule has 4 heteroatoms. The molecule has 2 unspecified atom stereocenters. The molecule has 0 aliphatic rings. The van der Waals surface area contributed by atoms with Crippen LogP contribution in [0.15, 0.2) is 85.3 Å². The molecule has 0 aliphatic heterocycles. The van der Waals surface area contributed by atoms with Crippen molar-refractivity contribution in [1.82, 2.24) is 0 Å². The van der Waals surface area contributed by atoms with Crippen molar-refractivity contribution < 1.29 is 9.05 Å². The third kappa shape index (κ3) is 4.81. The highest BCUT2D eigenvalue weighted by Crippen LogP contribution is 2.26. The summed E-state index contributed by atoms with van der Waals surface area (Å²) in [6.45, 7) is 7.69. The van der Waals surface area contributed by atoms with Crippen LogP contribution in [0.3, 0.4) is 0 Å². The quantitative estimate of drug-likeness (QED) is 0.439. The lowest BCUT2D eigenvalue weighted by atomic mass is 10.4. The maximum absolute atomic E-state index is 5.59. The molecule has 2 aromatic rings. The second-order valence-corrected chi connectivity index (χ2v) is 5.96. The predicted molar refractivity (Wildman–Crippen MR) is 89.2 cm³/mol. The van der Waals surface area contributed by atoms with Gasteiger partial charge >= 0.3 is 0 Å². The van der Waals surface area contributed by atoms with Gasteiger partial charge in [-0.25, -0.2) is 0 Å². The van der Waals surface area contributed by atoms with Crippen molar-refractivity contribution in [2.45, 2.75) is 0 Å². The Balaban J connectivity index is 1.76. The Labute approximate surface area is 123 Å². The van der Waals surface area contributed by atoms with Crippen molar-refractivity contribution in [2.24, 2.45) is 0 Å². The molecule has 102 valence electrons. The molecule has 0 aromatic heterocycles. The average Bonchev–Trinajstić information content (AvgIpc) is 2.52. The Bertz CT molecular complexity index is 514. The topological polar surface area (TPSA) is 18.5 Å². The molecular weight excluding hydrogens is 286 g/mol. The van der Waals surface area contributed by atoms with E-state index in [0.29, 0.717) is 11.5 Å². The van der Waals surface area contributed by atoms with Crippen molar-refractivity contribution in [1.29, 1.82) is 0 Å². The van der Waals surface area contributed by atoms with Crippen molar-refractivity contribution in [3.63, 3.8) is 0 Å². The van der Waals surface area contributed by atoms with Crippen LogP contribution in [0.5, 0.6) is 0 Å². The maximum atomic E-state index is 5.59. The first-order valence-electron chi connectivity index (χ1n) is 6.09. The van der Waals surface area contributed by atoms with Gasteiger partial charge in [-0.05, 0) is 0 Å². The number of hydrogen-bond acceptors (Lipinski definition) is 2. The average molecular weight is 302 g/mol. The van der Waals surface area contributed by atoms with E-state index >= 15 is 0 Å². The van der Waals surface area contributed by atoms with Crippen LogP contribution in [0, 0.1) is 0 Å². The molecule has 0 N–H and O–H groups in total. The van der Waals surface area contributed by atoms with Crippen LogP contribution in [0.25, 0.3) is 0 Å². The maximum Gasteiger partial charge on any atom is 0.157 e. The van der Waals surface area contributed by atoms with Gasteiger partial charge in [-0.15, -0.1) is 0 Å². The van der Waals surface area contributed by atoms with Crippen molar-refractivity contribution in [3.05, 3.63) is 85.3 Å². The highest BCUT2D eigenvalue weighted by molar-refractivity contribution is 7.42. The van der Waals surface area contributed by atoms with Crippen LogP contribution in [0.1, 0.15) is 0 Å². The molecule has 0 spiro atoms. The number of hydrogen-bond donors (Lipinski definition) is 0. The molecule has 2 rings (SSSR count). The molecule has 0 amide bonds. The molecule has 2 nitrogen and oxygen atoms in total. The fourth-order valence-electron chi connectivity index (χ4n) is 1.37. The van der Waals surface area contributed by atoms with Gasteiger partial charge in [-0.2, -0.15) is 0 Å². The third-order valence-corrected chi connectivity index (χ3v) is 4.28. The zero-order valence-corrected chi connectivity index (χ0v) is 13.0. The highest BCUT2D eigenvalue weighted by Gasteiger charge is 2.04. The van der Waals surface area contributed by atoms with Crippen molar-refractivity contribution >= 4 is 28.2 Å². The minimum atomic E-state index is 0.211. The van der Waals surface area contributed by atoms with E-state index in [2.05, 4.69) is 13.2 Å². The minimum Gasteiger partial charge on any atom is -0.469 e. The molecule has 0 fully saturated rings. The first-order valence-corrected chi connectivity index (χ1v) is 7.91. The molecule has 0 saturated carbocycles. The summed E-state index contributed by atoms with van der Waals surface area (Å²) < 4.78 is 11.2. The van der Waals surface area contributed by atoms with Crippen LogP contribution < -0.4 is 10.6 Å². The lowest BCUT2D eigenvalue weighted by Gasteiger charge is -2.12. The van der Waals surface area contributed by atoms with Crippen LogP contribution in [0.4, 0.5) is 0 Å². The van der Waals surface area contributed by atoms with Gasteiger partial charge in [0, 0.05) is 10.6 Å². The van der Waals surface area contributed by atoms with Gasteiger partial charge < -0.3 is 9.05 Å². The summed E-state index contributed by atoms with van der Waals surface area (Å²) in [5.41, 5.74) is 0. The van der Waals surface area contributed by atoms with Crippen molar-refractivity contribution in [3.8, 4) is 0 Å². The summed E-state index contributed by atoms with van der Waals surface area (Å²) in [6, 6.07) is 19.9. The monoisotopic (exact) mass is 302 g/mol. The first kappa shape index (κ1) is 14.8. The summed E-state index contributed by atoms with van der Waals surface area (Å²) in [5.74, 6) is 0.964. The van der Waals surface area contributed by atoms with E-state index in [-0.39, 0.29) is 17.6 Å². The smallest absolute Gasteiger partial charge is 0.157 e. The number of benzene rings is 2. The van der Waals surface area contributed by atoms with Crippen LogP contribution in [0.2, 0.25) is 0 Å². The fraction of sp³-hybridized carbons (Fsp3) is 0. The van der Waals surface area contributed by atoms with Gasteiger partial charge in [0.05, 0.1) is 0 Å². The van der Waals surface area contributed by atoms with Crippen LogP contribution >= 0.6 is 17.6 Å². The summed E-state index contributed by atoms with van der Waals surface area (Å²) in [5, 5.41) is 2.24. The normalized spacial score (nSPS) is 11.0. The second kappa shape index (κ2) is 7.85. The third-order valence-electron chi connectivity index (χ3n) is 2.44. The Morgan fingerprint density at radius 1 is 0.650 bits per heavy atom. The Hall–Kier alpha value is -1.62. The predicted octanol–water partition coefficient (Wildman–Crippen LogP) is 3.89. The van der Waals surface area contributed by atoms with E-state index in [9.17, 15) is 0 Å². The SMILES string of the molecule is C=C(OPc1ccccc1)C(=C)OPc1ccccc1. The summed E-state index contributed by atoms with van der Waals surface area (Å²) in [6.07, 6.45) is 0. The van der Waals surface area contributed by atoms with Crippen LogP contribution in [-0.4, -0.2) is 0 Å². The van der Waals surface area contributed by atoms with Crippen molar-refractivity contribution in [2.75, 3.05) is 0 Å². The summed E-state index contributed by atoms with van der Waals surface area (Å²) in [4.78, 5) is 0. The van der Waals surface area contributed by atoms with Gasteiger partial charge in [-0.3, -0.25) is 0 Å². The van der Waals surface area contributed by atoms with E-state index in [0.717, 1.165) is 10.6 Å². The Morgan fingerprint density at radius 2 is 1.00 bits per heavy atom. The molecule has 2 aromatic carbocycles. The van der Waals surface area contributed by atoms with Gasteiger partial charge in [-0.1, -0.05) is 73.8 Å². The molecule has 0 heterocycles. The van der Waals surface area contributed by atoms with Gasteiger partial charge in [0.15, 0.2) is 11.5 Å². The molecule has 0 radical (unpaired) electrons. The molecule has 0 aliphatic carbocycles.